The fourth-order valence-corrected chi connectivity index (χ4v) is 10.7. The molecule has 4 fully saturated rings. The highest BCUT2D eigenvalue weighted by Gasteiger charge is 2.64. The summed E-state index contributed by atoms with van der Waals surface area (Å²) in [5.41, 5.74) is 2.25. The largest absolute Gasteiger partial charge is 0.274 e. The molecule has 0 aromatic heterocycles. The molecule has 176 valence electrons. The lowest BCUT2D eigenvalue weighted by Gasteiger charge is -2.42. The Morgan fingerprint density at radius 1 is 0.970 bits per heavy atom. The van der Waals surface area contributed by atoms with Crippen molar-refractivity contribution in [2.45, 2.75) is 77.4 Å². The molecule has 1 unspecified atom stereocenters. The van der Waals surface area contributed by atoms with E-state index in [0.29, 0.717) is 18.0 Å². The van der Waals surface area contributed by atoms with Crippen LogP contribution in [0.1, 0.15) is 72.1 Å². The molecule has 0 radical (unpaired) electrons. The van der Waals surface area contributed by atoms with Gasteiger partial charge in [0.05, 0.1) is 28.3 Å². The van der Waals surface area contributed by atoms with Gasteiger partial charge in [-0.3, -0.25) is 18.7 Å². The maximum absolute atomic E-state index is 14.3. The van der Waals surface area contributed by atoms with Crippen molar-refractivity contribution < 1.29 is 13.8 Å². The minimum absolute atomic E-state index is 0.0431. The van der Waals surface area contributed by atoms with Crippen molar-refractivity contribution in [3.63, 3.8) is 0 Å². The Morgan fingerprint density at radius 3 is 2.39 bits per heavy atom. The van der Waals surface area contributed by atoms with Crippen LogP contribution in [0.4, 0.5) is 5.69 Å². The van der Waals surface area contributed by atoms with Crippen molar-refractivity contribution in [2.24, 2.45) is 34.5 Å². The summed E-state index contributed by atoms with van der Waals surface area (Å²) in [6.07, 6.45) is 8.01. The van der Waals surface area contributed by atoms with Gasteiger partial charge in [0, 0.05) is 10.2 Å². The topological polar surface area (TPSA) is 54.5 Å². The number of benzene rings is 1. The van der Waals surface area contributed by atoms with E-state index in [1.807, 2.05) is 30.3 Å². The second kappa shape index (κ2) is 7.37. The number of amides is 2. The summed E-state index contributed by atoms with van der Waals surface area (Å²) in [5.74, 6) is -0.0400. The van der Waals surface area contributed by atoms with Crippen molar-refractivity contribution in [2.75, 3.05) is 4.90 Å². The first-order valence-corrected chi connectivity index (χ1v) is 14.0. The lowest BCUT2D eigenvalue weighted by Crippen LogP contribution is -2.41. The molecule has 0 N–H and O–H groups in total. The first kappa shape index (κ1) is 21.8. The predicted molar refractivity (Wildman–Crippen MR) is 131 cm³/mol. The minimum Gasteiger partial charge on any atom is -0.274 e. The number of imide groups is 1. The Labute approximate surface area is 199 Å². The Kier molecular flexibility index (Phi) is 4.86. The number of hydrogen-bond donors (Lipinski definition) is 0. The molecule has 0 spiro atoms. The van der Waals surface area contributed by atoms with E-state index < -0.39 is 10.8 Å². The molecule has 5 aliphatic rings. The molecule has 5 heteroatoms. The summed E-state index contributed by atoms with van der Waals surface area (Å²) >= 11 is 0. The smallest absolute Gasteiger partial charge is 0.238 e. The number of carbonyl (C=O) groups excluding carboxylic acids is 2. The van der Waals surface area contributed by atoms with E-state index in [-0.39, 0.29) is 45.6 Å². The van der Waals surface area contributed by atoms with Crippen molar-refractivity contribution in [3.05, 3.63) is 40.8 Å². The number of hydrogen-bond acceptors (Lipinski definition) is 3. The van der Waals surface area contributed by atoms with Crippen LogP contribution in [0.25, 0.3) is 0 Å². The van der Waals surface area contributed by atoms with Gasteiger partial charge in [0.25, 0.3) is 0 Å². The first-order valence-electron chi connectivity index (χ1n) is 12.8. The third-order valence-electron chi connectivity index (χ3n) is 10.6. The van der Waals surface area contributed by atoms with Gasteiger partial charge in [-0.1, -0.05) is 51.0 Å². The molecule has 4 nitrogen and oxygen atoms in total. The molecule has 7 atom stereocenters. The lowest BCUT2D eigenvalue weighted by atomic mass is 9.67. The predicted octanol–water partition coefficient (Wildman–Crippen LogP) is 5.60. The van der Waals surface area contributed by atoms with Gasteiger partial charge in [0.2, 0.25) is 11.8 Å². The van der Waals surface area contributed by atoms with Crippen molar-refractivity contribution >= 4 is 28.3 Å². The van der Waals surface area contributed by atoms with Gasteiger partial charge in [-0.15, -0.1) is 0 Å². The summed E-state index contributed by atoms with van der Waals surface area (Å²) in [6, 6.07) is 9.35. The molecular weight excluding hydrogens is 430 g/mol. The van der Waals surface area contributed by atoms with Crippen LogP contribution in [0.3, 0.4) is 0 Å². The van der Waals surface area contributed by atoms with E-state index in [2.05, 4.69) is 20.8 Å². The zero-order valence-corrected chi connectivity index (χ0v) is 20.8. The first-order chi connectivity index (χ1) is 15.8. The molecule has 2 amide bonds. The van der Waals surface area contributed by atoms with E-state index in [0.717, 1.165) is 43.4 Å². The fourth-order valence-electron chi connectivity index (χ4n) is 8.20. The number of fused-ring (bicyclic) bond motifs is 5. The van der Waals surface area contributed by atoms with Crippen LogP contribution in [-0.2, 0) is 20.4 Å². The van der Waals surface area contributed by atoms with E-state index >= 15 is 0 Å². The Balaban J connectivity index is 1.38. The molecule has 1 heterocycles. The minimum atomic E-state index is -1.08. The maximum atomic E-state index is 14.3. The monoisotopic (exact) mass is 465 g/mol. The standard InChI is InChI=1S/C28H35NO3S/c1-27(2)17-13-14-28(27,3)23(15-17)33(32)22-16-21-24(20-12-8-7-11-19(20)22)26(31)29(25(21)30)18-9-5-4-6-10-18/h4-6,9-10,17,20-21,23-24H,7-8,11-16H2,1-3H3/t17-,20-,21+,23-,24-,28+,33?/m0/s1. The lowest BCUT2D eigenvalue weighted by molar-refractivity contribution is -0.122. The van der Waals surface area contributed by atoms with E-state index in [1.165, 1.54) is 16.9 Å². The second-order valence-corrected chi connectivity index (χ2v) is 13.5. The highest BCUT2D eigenvalue weighted by atomic mass is 32.2. The van der Waals surface area contributed by atoms with Gasteiger partial charge in [0.15, 0.2) is 0 Å². The van der Waals surface area contributed by atoms with E-state index in [4.69, 9.17) is 0 Å². The maximum Gasteiger partial charge on any atom is 0.238 e. The molecule has 4 aliphatic carbocycles. The van der Waals surface area contributed by atoms with Crippen molar-refractivity contribution in [3.8, 4) is 0 Å². The Bertz CT molecular complexity index is 1080. The average Bonchev–Trinajstić information content (AvgIpc) is 3.29. The summed E-state index contributed by atoms with van der Waals surface area (Å²) in [4.78, 5) is 29.7. The summed E-state index contributed by atoms with van der Waals surface area (Å²) in [5, 5.41) is 0.172. The summed E-state index contributed by atoms with van der Waals surface area (Å²) < 4.78 is 14.3. The van der Waals surface area contributed by atoms with Gasteiger partial charge >= 0.3 is 0 Å². The average molecular weight is 466 g/mol. The van der Waals surface area contributed by atoms with Crippen LogP contribution >= 0.6 is 0 Å². The summed E-state index contributed by atoms with van der Waals surface area (Å²) in [7, 11) is -1.08. The zero-order chi connectivity index (χ0) is 23.1. The zero-order valence-electron chi connectivity index (χ0n) is 20.0. The number of allylic oxidation sites excluding steroid dienone is 2. The SMILES string of the molecule is CC1(C)[C@H]2CC[C@]1(C)[C@@H](S(=O)C1=C3CCCC[C@@H]3[C@@H]3C(=O)N(c4ccccc4)C(=O)[C@@H]3C1)C2. The molecule has 1 aromatic carbocycles. The third kappa shape index (κ3) is 2.84. The van der Waals surface area contributed by atoms with Crippen LogP contribution in [0, 0.1) is 34.5 Å². The molecule has 1 saturated heterocycles. The third-order valence-corrected chi connectivity index (χ3v) is 12.7. The van der Waals surface area contributed by atoms with Crippen molar-refractivity contribution in [1.29, 1.82) is 0 Å². The summed E-state index contributed by atoms with van der Waals surface area (Å²) in [6.45, 7) is 7.10. The molecule has 33 heavy (non-hydrogen) atoms. The number of anilines is 1. The van der Waals surface area contributed by atoms with Gasteiger partial charge < -0.3 is 0 Å². The van der Waals surface area contributed by atoms with Gasteiger partial charge in [-0.05, 0) is 79.7 Å². The van der Waals surface area contributed by atoms with Gasteiger partial charge in [-0.2, -0.15) is 0 Å². The van der Waals surface area contributed by atoms with E-state index in [9.17, 15) is 13.8 Å². The van der Waals surface area contributed by atoms with Crippen LogP contribution in [-0.4, -0.2) is 21.3 Å². The number of nitrogens with zero attached hydrogens (tertiary/aromatic N) is 1. The van der Waals surface area contributed by atoms with Crippen LogP contribution in [0.2, 0.25) is 0 Å². The van der Waals surface area contributed by atoms with Gasteiger partial charge in [-0.25, -0.2) is 0 Å². The Morgan fingerprint density at radius 2 is 1.73 bits per heavy atom. The fraction of sp³-hybridized carbons (Fsp3) is 0.643. The second-order valence-electron chi connectivity index (χ2n) is 11.9. The van der Waals surface area contributed by atoms with Gasteiger partial charge in [0.1, 0.15) is 0 Å². The van der Waals surface area contributed by atoms with Crippen LogP contribution in [0.5, 0.6) is 0 Å². The quantitative estimate of drug-likeness (QED) is 0.546. The Hall–Kier alpha value is -1.75. The molecule has 1 aromatic rings. The molecule has 1 aliphatic heterocycles. The molecular formula is C28H35NO3S. The van der Waals surface area contributed by atoms with Crippen molar-refractivity contribution in [1.82, 2.24) is 0 Å². The highest BCUT2D eigenvalue weighted by Crippen LogP contribution is 2.67. The molecule has 2 bridgehead atoms. The molecule has 6 rings (SSSR count). The normalized spacial score (nSPS) is 40.2. The number of rotatable bonds is 3. The number of carbonyl (C=O) groups is 2. The highest BCUT2D eigenvalue weighted by molar-refractivity contribution is 7.89. The molecule has 3 saturated carbocycles. The van der Waals surface area contributed by atoms with Crippen LogP contribution in [0.15, 0.2) is 40.8 Å². The number of para-hydroxylation sites is 1. The van der Waals surface area contributed by atoms with E-state index in [1.54, 1.807) is 0 Å². The van der Waals surface area contributed by atoms with Crippen LogP contribution < -0.4 is 4.90 Å².